The van der Waals surface area contributed by atoms with E-state index in [1.165, 1.54) is 36.6 Å². The highest BCUT2D eigenvalue weighted by Gasteiger charge is 2.13. The van der Waals surface area contributed by atoms with E-state index in [1.54, 1.807) is 42.5 Å². The minimum Gasteiger partial charge on any atom is -0.486 e. The zero-order valence-corrected chi connectivity index (χ0v) is 16.1. The predicted octanol–water partition coefficient (Wildman–Crippen LogP) is 5.10. The largest absolute Gasteiger partial charge is 0.486 e. The fraction of sp³-hybridized carbons (Fsp3) is 0.0435. The van der Waals surface area contributed by atoms with Gasteiger partial charge in [-0.15, -0.1) is 0 Å². The van der Waals surface area contributed by atoms with E-state index in [4.69, 9.17) is 13.6 Å². The molecule has 0 saturated heterocycles. The van der Waals surface area contributed by atoms with Crippen LogP contribution in [0.25, 0.3) is 0 Å². The standard InChI is InChI=1S/C23H17FN2O5/c24-15-3-9-18(10-4-15)30-14-19-11-12-21(31-19)23(28)26-17-7-5-16(6-8-17)25-22(27)20-2-1-13-29-20/h1-13H,14H2,(H,25,27)(H,26,28). The van der Waals surface area contributed by atoms with Gasteiger partial charge in [0, 0.05) is 11.4 Å². The van der Waals surface area contributed by atoms with Crippen LogP contribution >= 0.6 is 0 Å². The van der Waals surface area contributed by atoms with Crippen molar-refractivity contribution in [1.82, 2.24) is 0 Å². The molecule has 2 N–H and O–H groups in total. The lowest BCUT2D eigenvalue weighted by Gasteiger charge is -2.06. The van der Waals surface area contributed by atoms with Crippen molar-refractivity contribution in [2.45, 2.75) is 6.61 Å². The Kier molecular flexibility index (Phi) is 5.79. The van der Waals surface area contributed by atoms with Crippen LogP contribution in [0, 0.1) is 5.82 Å². The van der Waals surface area contributed by atoms with E-state index in [2.05, 4.69) is 10.6 Å². The quantitative estimate of drug-likeness (QED) is 0.434. The first-order valence-corrected chi connectivity index (χ1v) is 9.30. The molecular formula is C23H17FN2O5. The van der Waals surface area contributed by atoms with Crippen molar-refractivity contribution in [2.75, 3.05) is 10.6 Å². The van der Waals surface area contributed by atoms with Crippen LogP contribution in [0.1, 0.15) is 26.9 Å². The van der Waals surface area contributed by atoms with E-state index >= 15 is 0 Å². The zero-order valence-electron chi connectivity index (χ0n) is 16.1. The van der Waals surface area contributed by atoms with Crippen molar-refractivity contribution in [3.05, 3.63) is 102 Å². The van der Waals surface area contributed by atoms with Crippen molar-refractivity contribution in [3.8, 4) is 5.75 Å². The molecule has 4 rings (SSSR count). The summed E-state index contributed by atoms with van der Waals surface area (Å²) in [5.41, 5.74) is 1.08. The molecule has 8 heteroatoms. The Morgan fingerprint density at radius 1 is 0.806 bits per heavy atom. The highest BCUT2D eigenvalue weighted by Crippen LogP contribution is 2.18. The number of carbonyl (C=O) groups is 2. The van der Waals surface area contributed by atoms with E-state index in [1.807, 2.05) is 0 Å². The van der Waals surface area contributed by atoms with Gasteiger partial charge >= 0.3 is 0 Å². The summed E-state index contributed by atoms with van der Waals surface area (Å²) in [5, 5.41) is 5.41. The molecule has 0 unspecified atom stereocenters. The van der Waals surface area contributed by atoms with Gasteiger partial charge in [0.15, 0.2) is 11.5 Å². The highest BCUT2D eigenvalue weighted by molar-refractivity contribution is 6.03. The lowest BCUT2D eigenvalue weighted by Crippen LogP contribution is -2.12. The fourth-order valence-electron chi connectivity index (χ4n) is 2.69. The Labute approximate surface area is 176 Å². The number of rotatable bonds is 7. The van der Waals surface area contributed by atoms with Gasteiger partial charge in [0.05, 0.1) is 6.26 Å². The van der Waals surface area contributed by atoms with Crippen molar-refractivity contribution in [2.24, 2.45) is 0 Å². The maximum atomic E-state index is 12.9. The molecule has 0 bridgehead atoms. The molecule has 0 spiro atoms. The van der Waals surface area contributed by atoms with E-state index in [-0.39, 0.29) is 29.9 Å². The van der Waals surface area contributed by atoms with Crippen LogP contribution in [0.5, 0.6) is 5.75 Å². The maximum Gasteiger partial charge on any atom is 0.291 e. The number of benzene rings is 2. The van der Waals surface area contributed by atoms with Crippen molar-refractivity contribution in [3.63, 3.8) is 0 Å². The molecule has 4 aromatic rings. The van der Waals surface area contributed by atoms with Crippen molar-refractivity contribution >= 4 is 23.2 Å². The third kappa shape index (κ3) is 5.18. The van der Waals surface area contributed by atoms with Crippen LogP contribution in [0.2, 0.25) is 0 Å². The monoisotopic (exact) mass is 420 g/mol. The van der Waals surface area contributed by atoms with Crippen LogP contribution in [-0.2, 0) is 6.61 Å². The smallest absolute Gasteiger partial charge is 0.291 e. The molecule has 2 heterocycles. The molecule has 2 aromatic carbocycles. The molecule has 31 heavy (non-hydrogen) atoms. The summed E-state index contributed by atoms with van der Waals surface area (Å²) in [6.45, 7) is 0.100. The molecule has 0 fully saturated rings. The second kappa shape index (κ2) is 9.00. The fourth-order valence-corrected chi connectivity index (χ4v) is 2.69. The summed E-state index contributed by atoms with van der Waals surface area (Å²) in [6.07, 6.45) is 1.42. The van der Waals surface area contributed by atoms with Crippen LogP contribution < -0.4 is 15.4 Å². The topological polar surface area (TPSA) is 93.7 Å². The molecule has 0 radical (unpaired) electrons. The molecule has 0 aliphatic heterocycles. The Morgan fingerprint density at radius 3 is 2.06 bits per heavy atom. The number of carbonyl (C=O) groups excluding carboxylic acids is 2. The Morgan fingerprint density at radius 2 is 1.45 bits per heavy atom. The van der Waals surface area contributed by atoms with E-state index in [0.29, 0.717) is 22.9 Å². The summed E-state index contributed by atoms with van der Waals surface area (Å²) in [6, 6.07) is 18.6. The minimum absolute atomic E-state index is 0.100. The van der Waals surface area contributed by atoms with Crippen molar-refractivity contribution < 1.29 is 27.6 Å². The Bertz CT molecular complexity index is 1170. The lowest BCUT2D eigenvalue weighted by atomic mass is 10.2. The third-order valence-electron chi connectivity index (χ3n) is 4.23. The number of amides is 2. The number of furan rings is 2. The van der Waals surface area contributed by atoms with E-state index in [0.717, 1.165) is 0 Å². The van der Waals surface area contributed by atoms with E-state index < -0.39 is 5.91 Å². The number of halogens is 1. The lowest BCUT2D eigenvalue weighted by molar-refractivity contribution is 0.0986. The van der Waals surface area contributed by atoms with Gasteiger partial charge in [-0.2, -0.15) is 0 Å². The summed E-state index contributed by atoms with van der Waals surface area (Å²) in [7, 11) is 0. The second-order valence-corrected chi connectivity index (χ2v) is 6.47. The molecule has 0 aliphatic carbocycles. The summed E-state index contributed by atoms with van der Waals surface area (Å²) >= 11 is 0. The summed E-state index contributed by atoms with van der Waals surface area (Å²) < 4.78 is 29.0. The van der Waals surface area contributed by atoms with Crippen LogP contribution in [0.3, 0.4) is 0 Å². The molecule has 0 saturated carbocycles. The number of hydrogen-bond donors (Lipinski definition) is 2. The molecule has 2 amide bonds. The van der Waals surface area contributed by atoms with Gasteiger partial charge < -0.3 is 24.2 Å². The first-order valence-electron chi connectivity index (χ1n) is 9.30. The van der Waals surface area contributed by atoms with Gasteiger partial charge in [-0.3, -0.25) is 9.59 Å². The zero-order chi connectivity index (χ0) is 21.6. The summed E-state index contributed by atoms with van der Waals surface area (Å²) in [5.74, 6) is 0.112. The number of ether oxygens (including phenoxy) is 1. The van der Waals surface area contributed by atoms with Crippen molar-refractivity contribution in [1.29, 1.82) is 0 Å². The normalized spacial score (nSPS) is 10.5. The van der Waals surface area contributed by atoms with Crippen LogP contribution in [-0.4, -0.2) is 11.8 Å². The maximum absolute atomic E-state index is 12.9. The van der Waals surface area contributed by atoms with Gasteiger partial charge in [0.2, 0.25) is 0 Å². The minimum atomic E-state index is -0.430. The van der Waals surface area contributed by atoms with Gasteiger partial charge in [0.1, 0.15) is 23.9 Å². The molecular weight excluding hydrogens is 403 g/mol. The Hall–Kier alpha value is -4.33. The molecule has 2 aromatic heterocycles. The van der Waals surface area contributed by atoms with Gasteiger partial charge in [-0.25, -0.2) is 4.39 Å². The number of nitrogens with one attached hydrogen (secondary N) is 2. The van der Waals surface area contributed by atoms with Crippen LogP contribution in [0.4, 0.5) is 15.8 Å². The molecule has 0 atom stereocenters. The molecule has 0 aliphatic rings. The molecule has 156 valence electrons. The van der Waals surface area contributed by atoms with Gasteiger partial charge in [-0.1, -0.05) is 0 Å². The first kappa shape index (κ1) is 20.0. The highest BCUT2D eigenvalue weighted by atomic mass is 19.1. The van der Waals surface area contributed by atoms with Gasteiger partial charge in [-0.05, 0) is 72.8 Å². The average Bonchev–Trinajstić information content (AvgIpc) is 3.47. The predicted molar refractivity (Wildman–Crippen MR) is 110 cm³/mol. The van der Waals surface area contributed by atoms with E-state index in [9.17, 15) is 14.0 Å². The first-order chi connectivity index (χ1) is 15.1. The average molecular weight is 420 g/mol. The third-order valence-corrected chi connectivity index (χ3v) is 4.23. The summed E-state index contributed by atoms with van der Waals surface area (Å²) in [4.78, 5) is 24.4. The SMILES string of the molecule is O=C(Nc1ccc(NC(=O)c2ccc(COc3ccc(F)cc3)o2)cc1)c1ccco1. The number of hydrogen-bond acceptors (Lipinski definition) is 5. The molecule has 7 nitrogen and oxygen atoms in total. The van der Waals surface area contributed by atoms with Gasteiger partial charge in [0.25, 0.3) is 11.8 Å². The Balaban J connectivity index is 1.31. The second-order valence-electron chi connectivity index (χ2n) is 6.47. The number of anilines is 2. The van der Waals surface area contributed by atoms with Crippen LogP contribution in [0.15, 0.2) is 87.9 Å².